The van der Waals surface area contributed by atoms with E-state index in [-0.39, 0.29) is 16.0 Å². The molecule has 35 heavy (non-hydrogen) atoms. The monoisotopic (exact) mass is 522 g/mol. The molecule has 0 radical (unpaired) electrons. The second-order valence-electron chi connectivity index (χ2n) is 11.3. The van der Waals surface area contributed by atoms with Crippen LogP contribution in [0.5, 0.6) is 0 Å². The number of hydrogen-bond donors (Lipinski definition) is 1. The van der Waals surface area contributed by atoms with E-state index in [9.17, 15) is 14.4 Å². The molecule has 0 saturated carbocycles. The molecule has 0 spiro atoms. The lowest BCUT2D eigenvalue weighted by Gasteiger charge is -2.37. The van der Waals surface area contributed by atoms with Crippen LogP contribution in [0, 0.1) is 28.4 Å². The Labute approximate surface area is 215 Å². The van der Waals surface area contributed by atoms with E-state index in [1.807, 2.05) is 20.8 Å². The van der Waals surface area contributed by atoms with Gasteiger partial charge < -0.3 is 4.74 Å². The van der Waals surface area contributed by atoms with E-state index in [2.05, 4.69) is 11.4 Å². The highest BCUT2D eigenvalue weighted by Gasteiger charge is 2.61. The molecule has 1 aliphatic heterocycles. The number of halogens is 4. The van der Waals surface area contributed by atoms with Crippen molar-refractivity contribution in [3.05, 3.63) is 69.2 Å². The average molecular weight is 523 g/mol. The summed E-state index contributed by atoms with van der Waals surface area (Å²) in [5, 5.41) is 14.0. The molecule has 4 atom stereocenters. The Morgan fingerprint density at radius 3 is 2.31 bits per heavy atom. The Morgan fingerprint density at radius 1 is 1.11 bits per heavy atom. The Morgan fingerprint density at radius 2 is 1.77 bits per heavy atom. The summed E-state index contributed by atoms with van der Waals surface area (Å²) in [7, 11) is 0. The Balaban J connectivity index is 2.36. The number of carbonyl (C=O) groups is 1. The van der Waals surface area contributed by atoms with Crippen LogP contribution in [0.2, 0.25) is 10.0 Å². The second-order valence-corrected chi connectivity index (χ2v) is 12.1. The summed E-state index contributed by atoms with van der Waals surface area (Å²) >= 11 is 12.1. The maximum absolute atomic E-state index is 15.5. The minimum absolute atomic E-state index is 0.167. The van der Waals surface area contributed by atoms with Gasteiger partial charge in [-0.05, 0) is 62.4 Å². The number of ether oxygens (including phenoxy) is 1. The number of nitrogens with one attached hydrogen (secondary N) is 1. The van der Waals surface area contributed by atoms with E-state index in [4.69, 9.17) is 27.9 Å². The van der Waals surface area contributed by atoms with E-state index >= 15 is 4.39 Å². The normalized spacial score (nSPS) is 24.8. The molecule has 1 heterocycles. The number of benzene rings is 2. The molecule has 1 fully saturated rings. The Kier molecular flexibility index (Phi) is 7.58. The molecular weight excluding hydrogens is 493 g/mol. The SMILES string of the molecule is CC(C)(C)C[C@@H]1N[C@@H](C(=O)OC(C)(C)C)[C@H](c2cccc(Cl)c2)[C@@]1(C#N)c1cc(F)c(Cl)cc1F. The van der Waals surface area contributed by atoms with Crippen LogP contribution in [-0.2, 0) is 14.9 Å². The van der Waals surface area contributed by atoms with E-state index < -0.39 is 46.6 Å². The minimum atomic E-state index is -1.67. The topological polar surface area (TPSA) is 62.1 Å². The van der Waals surface area contributed by atoms with Gasteiger partial charge in [0.05, 0.1) is 11.1 Å². The highest BCUT2D eigenvalue weighted by molar-refractivity contribution is 6.31. The molecule has 188 valence electrons. The van der Waals surface area contributed by atoms with Crippen molar-refractivity contribution in [2.24, 2.45) is 5.41 Å². The Hall–Kier alpha value is -2.20. The van der Waals surface area contributed by atoms with Gasteiger partial charge in [-0.15, -0.1) is 0 Å². The van der Waals surface area contributed by atoms with Crippen molar-refractivity contribution < 1.29 is 18.3 Å². The highest BCUT2D eigenvalue weighted by atomic mass is 35.5. The summed E-state index contributed by atoms with van der Waals surface area (Å²) in [6.07, 6.45) is 0.389. The van der Waals surface area contributed by atoms with E-state index in [0.29, 0.717) is 17.0 Å². The Bertz CT molecular complexity index is 1170. The standard InChI is InChI=1S/C27H30Cl2F2N2O2/c1-25(2,3)13-21-27(14-32,17-11-20(31)18(29)12-19(17)30)22(15-8-7-9-16(28)10-15)23(33-21)24(34)35-26(4,5)6/h7-12,21-23,33H,13H2,1-6H3/t21-,22-,23+,27-/m0/s1. The maximum Gasteiger partial charge on any atom is 0.324 e. The summed E-state index contributed by atoms with van der Waals surface area (Å²) in [4.78, 5) is 13.5. The molecule has 2 aromatic carbocycles. The zero-order valence-corrected chi connectivity index (χ0v) is 22.2. The van der Waals surface area contributed by atoms with Crippen molar-refractivity contribution >= 4 is 29.2 Å². The fourth-order valence-electron chi connectivity index (χ4n) is 4.88. The molecule has 0 aromatic heterocycles. The molecule has 0 unspecified atom stereocenters. The minimum Gasteiger partial charge on any atom is -0.459 e. The number of nitrogens with zero attached hydrogens (tertiary/aromatic N) is 1. The van der Waals surface area contributed by atoms with Crippen molar-refractivity contribution in [2.45, 2.75) is 77.0 Å². The molecule has 0 bridgehead atoms. The predicted octanol–water partition coefficient (Wildman–Crippen LogP) is 6.94. The first kappa shape index (κ1) is 27.4. The first-order valence-electron chi connectivity index (χ1n) is 11.4. The van der Waals surface area contributed by atoms with Crippen molar-refractivity contribution in [3.8, 4) is 6.07 Å². The van der Waals surface area contributed by atoms with Crippen LogP contribution in [0.15, 0.2) is 36.4 Å². The van der Waals surface area contributed by atoms with Crippen molar-refractivity contribution in [1.29, 1.82) is 5.26 Å². The van der Waals surface area contributed by atoms with Gasteiger partial charge in [-0.3, -0.25) is 10.1 Å². The van der Waals surface area contributed by atoms with Crippen LogP contribution in [-0.4, -0.2) is 23.7 Å². The van der Waals surface area contributed by atoms with Gasteiger partial charge >= 0.3 is 5.97 Å². The van der Waals surface area contributed by atoms with Crippen molar-refractivity contribution in [3.63, 3.8) is 0 Å². The molecule has 8 heteroatoms. The number of nitriles is 1. The molecule has 3 rings (SSSR count). The van der Waals surface area contributed by atoms with Gasteiger partial charge in [0.25, 0.3) is 0 Å². The predicted molar refractivity (Wildman–Crippen MR) is 133 cm³/mol. The van der Waals surface area contributed by atoms with Crippen molar-refractivity contribution in [2.75, 3.05) is 0 Å². The zero-order chi connectivity index (χ0) is 26.3. The third kappa shape index (κ3) is 5.63. The van der Waals surface area contributed by atoms with Crippen molar-refractivity contribution in [1.82, 2.24) is 5.32 Å². The molecule has 1 N–H and O–H groups in total. The average Bonchev–Trinajstić information content (AvgIpc) is 3.02. The molecule has 0 amide bonds. The van der Waals surface area contributed by atoms with Crippen LogP contribution < -0.4 is 5.32 Å². The number of esters is 1. The third-order valence-electron chi connectivity index (χ3n) is 6.08. The number of rotatable bonds is 4. The van der Waals surface area contributed by atoms with E-state index in [0.717, 1.165) is 12.1 Å². The third-order valence-corrected chi connectivity index (χ3v) is 6.60. The second kappa shape index (κ2) is 9.69. The fraction of sp³-hybridized carbons (Fsp3) is 0.481. The number of hydrogen-bond acceptors (Lipinski definition) is 4. The van der Waals surface area contributed by atoms with Crippen LogP contribution in [0.4, 0.5) is 8.78 Å². The molecule has 4 nitrogen and oxygen atoms in total. The first-order valence-corrected chi connectivity index (χ1v) is 12.2. The van der Waals surface area contributed by atoms with E-state index in [1.165, 1.54) is 0 Å². The molecule has 2 aromatic rings. The van der Waals surface area contributed by atoms with Crippen LogP contribution in [0.1, 0.15) is 65.0 Å². The summed E-state index contributed by atoms with van der Waals surface area (Å²) in [5.74, 6) is -3.19. The number of carbonyl (C=O) groups excluding carboxylic acids is 1. The maximum atomic E-state index is 15.5. The molecular formula is C27H30Cl2F2N2O2. The zero-order valence-electron chi connectivity index (χ0n) is 20.7. The fourth-order valence-corrected chi connectivity index (χ4v) is 5.23. The molecule has 1 saturated heterocycles. The van der Waals surface area contributed by atoms with Gasteiger partial charge in [0.2, 0.25) is 0 Å². The lowest BCUT2D eigenvalue weighted by atomic mass is 9.63. The van der Waals surface area contributed by atoms with Gasteiger partial charge in [0, 0.05) is 22.5 Å². The molecule has 0 aliphatic carbocycles. The highest BCUT2D eigenvalue weighted by Crippen LogP contribution is 2.52. The smallest absolute Gasteiger partial charge is 0.324 e. The van der Waals surface area contributed by atoms with Crippen LogP contribution in [0.3, 0.4) is 0 Å². The largest absolute Gasteiger partial charge is 0.459 e. The van der Waals surface area contributed by atoms with Crippen LogP contribution in [0.25, 0.3) is 0 Å². The van der Waals surface area contributed by atoms with E-state index in [1.54, 1.807) is 45.0 Å². The first-order chi connectivity index (χ1) is 16.1. The van der Waals surface area contributed by atoms with Gasteiger partial charge in [0.15, 0.2) is 0 Å². The van der Waals surface area contributed by atoms with Gasteiger partial charge in [-0.2, -0.15) is 5.26 Å². The summed E-state index contributed by atoms with van der Waals surface area (Å²) < 4.78 is 35.9. The lowest BCUT2D eigenvalue weighted by Crippen LogP contribution is -2.45. The van der Waals surface area contributed by atoms with Gasteiger partial charge in [-0.25, -0.2) is 8.78 Å². The lowest BCUT2D eigenvalue weighted by molar-refractivity contribution is -0.157. The quantitative estimate of drug-likeness (QED) is 0.349. The molecule has 1 aliphatic rings. The van der Waals surface area contributed by atoms with Gasteiger partial charge in [-0.1, -0.05) is 56.1 Å². The van der Waals surface area contributed by atoms with Gasteiger partial charge in [0.1, 0.15) is 28.7 Å². The summed E-state index contributed by atoms with van der Waals surface area (Å²) in [6.45, 7) is 11.2. The van der Waals surface area contributed by atoms with Crippen LogP contribution >= 0.6 is 23.2 Å². The summed E-state index contributed by atoms with van der Waals surface area (Å²) in [5.41, 5.74) is -2.42. The summed E-state index contributed by atoms with van der Waals surface area (Å²) in [6, 6.07) is 9.14.